The Morgan fingerprint density at radius 1 is 0.500 bits per heavy atom. The maximum Gasteiger partial charge on any atom is -0.147 e. The smallest absolute Gasteiger partial charge is 0.147 e. The van der Waals surface area contributed by atoms with Crippen LogP contribution in [0.4, 0.5) is 0 Å². The number of pyridine rings is 2. The number of rotatable bonds is 6. The van der Waals surface area contributed by atoms with Crippen molar-refractivity contribution in [1.82, 2.24) is 9.97 Å². The molecule has 52 heavy (non-hydrogen) atoms. The normalized spacial score (nSPS) is 17.2. The average molecular weight is 853 g/mol. The number of hydrogen-bond donors (Lipinski definition) is 0. The number of halogens is 2. The second-order valence-corrected chi connectivity index (χ2v) is 58.5. The molecule has 2 unspecified atom stereocenters. The SMILES string of the molecule is C[Si](C)(C)C1=Cc2c(-c3cccc4cccnc34)cccc2[CH]1[Zr]([CH3])([CH3])(=[SiH2])[CH]1C([Si](C)(C)C)=Cc2c(-c3cccc4cccnc34)cccc21.Cl.Cl. The molecular weight excluding hydrogens is 803 g/mol. The summed E-state index contributed by atoms with van der Waals surface area (Å²) < 4.78 is 6.61. The Bertz CT molecular complexity index is 2340. The van der Waals surface area contributed by atoms with Crippen LogP contribution in [0.15, 0.2) is 120 Å². The molecule has 0 spiro atoms. The van der Waals surface area contributed by atoms with E-state index in [9.17, 15) is 0 Å². The number of hydrogen-bond acceptors (Lipinski definition) is 2. The van der Waals surface area contributed by atoms with Crippen LogP contribution >= 0.6 is 24.8 Å². The number of benzene rings is 4. The first-order valence-electron chi connectivity index (χ1n) is 18.1. The van der Waals surface area contributed by atoms with E-state index in [0.717, 1.165) is 11.0 Å². The molecule has 6 aromatic rings. The van der Waals surface area contributed by atoms with E-state index in [4.69, 9.17) is 9.97 Å². The van der Waals surface area contributed by atoms with Crippen molar-refractivity contribution in [2.45, 2.75) is 55.8 Å². The third kappa shape index (κ3) is 6.26. The number of fused-ring (bicyclic) bond motifs is 4. The zero-order valence-electron chi connectivity index (χ0n) is 31.6. The molecule has 2 aliphatic rings. The first kappa shape index (κ1) is 39.0. The first-order chi connectivity index (χ1) is 23.6. The van der Waals surface area contributed by atoms with Gasteiger partial charge in [0.1, 0.15) is 0 Å². The fraction of sp³-hybridized carbons (Fsp3) is 0.227. The second kappa shape index (κ2) is 13.5. The Hall–Kier alpha value is -2.71. The van der Waals surface area contributed by atoms with Crippen LogP contribution in [0.25, 0.3) is 56.2 Å². The summed E-state index contributed by atoms with van der Waals surface area (Å²) in [6.45, 7) is 18.0. The second-order valence-electron chi connectivity index (χ2n) is 17.9. The summed E-state index contributed by atoms with van der Waals surface area (Å²) in [5.41, 5.74) is 13.4. The van der Waals surface area contributed by atoms with E-state index >= 15 is 0 Å². The van der Waals surface area contributed by atoms with Crippen LogP contribution in [0.3, 0.4) is 0 Å². The van der Waals surface area contributed by atoms with E-state index in [0.29, 0.717) is 7.25 Å². The van der Waals surface area contributed by atoms with Gasteiger partial charge in [0.25, 0.3) is 0 Å². The molecule has 0 saturated carbocycles. The molecule has 0 bridgehead atoms. The summed E-state index contributed by atoms with van der Waals surface area (Å²) in [5, 5.41) is 5.89. The van der Waals surface area contributed by atoms with Gasteiger partial charge in [0.2, 0.25) is 0 Å². The molecule has 2 aliphatic carbocycles. The first-order valence-corrected chi connectivity index (χ1v) is 38.8. The minimum atomic E-state index is -3.89. The Morgan fingerprint density at radius 3 is 1.23 bits per heavy atom. The molecule has 0 fully saturated rings. The van der Waals surface area contributed by atoms with Crippen molar-refractivity contribution in [3.05, 3.63) is 142 Å². The van der Waals surface area contributed by atoms with Crippen LogP contribution in [0, 0.1) is 0 Å². The molecule has 0 radical (unpaired) electrons. The molecule has 2 atom stereocenters. The van der Waals surface area contributed by atoms with Crippen LogP contribution in [0.2, 0.25) is 48.5 Å². The number of aromatic nitrogens is 2. The minimum absolute atomic E-state index is 0. The fourth-order valence-electron chi connectivity index (χ4n) is 9.43. The van der Waals surface area contributed by atoms with Crippen molar-refractivity contribution in [3.63, 3.8) is 0 Å². The third-order valence-electron chi connectivity index (χ3n) is 11.6. The van der Waals surface area contributed by atoms with Gasteiger partial charge in [0, 0.05) is 0 Å². The van der Waals surface area contributed by atoms with Gasteiger partial charge >= 0.3 is 305 Å². The molecule has 0 aliphatic heterocycles. The van der Waals surface area contributed by atoms with Gasteiger partial charge in [-0.15, -0.1) is 24.8 Å². The molecule has 2 nitrogen and oxygen atoms in total. The number of para-hydroxylation sites is 2. The predicted molar refractivity (Wildman–Crippen MR) is 237 cm³/mol. The molecule has 8 rings (SSSR count). The van der Waals surface area contributed by atoms with E-state index in [2.05, 4.69) is 153 Å². The summed E-state index contributed by atoms with van der Waals surface area (Å²) >= 11 is -3.89. The van der Waals surface area contributed by atoms with Crippen LogP contribution in [0.5, 0.6) is 0 Å². The van der Waals surface area contributed by atoms with Gasteiger partial charge in [-0.05, 0) is 0 Å². The Kier molecular flexibility index (Phi) is 10.2. The van der Waals surface area contributed by atoms with Crippen molar-refractivity contribution in [2.75, 3.05) is 0 Å². The molecule has 4 aromatic carbocycles. The molecule has 8 heteroatoms. The molecule has 0 saturated heterocycles. The monoisotopic (exact) mass is 850 g/mol. The van der Waals surface area contributed by atoms with Gasteiger partial charge in [0.05, 0.1) is 0 Å². The van der Waals surface area contributed by atoms with Crippen molar-refractivity contribution >= 4 is 81.8 Å². The van der Waals surface area contributed by atoms with Crippen LogP contribution in [-0.4, -0.2) is 33.0 Å². The van der Waals surface area contributed by atoms with Crippen LogP contribution in [-0.2, 0) is 17.4 Å². The van der Waals surface area contributed by atoms with Crippen molar-refractivity contribution in [1.29, 1.82) is 0 Å². The zero-order valence-corrected chi connectivity index (χ0v) is 39.1. The van der Waals surface area contributed by atoms with E-state index in [1.807, 2.05) is 24.5 Å². The Balaban J connectivity index is 0.00000232. The Labute approximate surface area is 326 Å². The standard InChI is InChI=1S/2C21H20NSi.2CH3.2ClH.H2Si.Zr/c2*1-23(2,3)17-13-16-8-5-10-18(20(16)14-17)19-11-4-7-15-9-6-12-22-21(15)19;;;;;;/h2*4-14H,1-3H3;2*1H3;2*1H;1H2;. The van der Waals surface area contributed by atoms with Gasteiger partial charge in [-0.1, -0.05) is 0 Å². The van der Waals surface area contributed by atoms with Gasteiger partial charge in [-0.3, -0.25) is 0 Å². The van der Waals surface area contributed by atoms with Gasteiger partial charge < -0.3 is 0 Å². The van der Waals surface area contributed by atoms with Gasteiger partial charge in [-0.25, -0.2) is 0 Å². The van der Waals surface area contributed by atoms with Crippen molar-refractivity contribution < 1.29 is 17.4 Å². The summed E-state index contributed by atoms with van der Waals surface area (Å²) in [7, 11) is -3.48. The molecule has 0 N–H and O–H groups in total. The van der Waals surface area contributed by atoms with Crippen LogP contribution < -0.4 is 0 Å². The fourth-order valence-corrected chi connectivity index (χ4v) is 44.7. The van der Waals surface area contributed by atoms with Gasteiger partial charge in [0.15, 0.2) is 0 Å². The summed E-state index contributed by atoms with van der Waals surface area (Å²) in [6, 6.07) is 36.1. The van der Waals surface area contributed by atoms with E-state index in [1.54, 1.807) is 21.5 Å². The minimum Gasteiger partial charge on any atom is -0.147 e. The van der Waals surface area contributed by atoms with Crippen molar-refractivity contribution in [3.8, 4) is 22.3 Å². The largest absolute Gasteiger partial charge is 0.147 e. The quantitative estimate of drug-likeness (QED) is 0.156. The topological polar surface area (TPSA) is 25.8 Å². The summed E-state index contributed by atoms with van der Waals surface area (Å²) in [6.07, 6.45) is 9.22. The Morgan fingerprint density at radius 2 is 0.846 bits per heavy atom. The van der Waals surface area contributed by atoms with E-state index in [-0.39, 0.29) is 24.8 Å². The number of allylic oxidation sites excluding steroid dienone is 2. The van der Waals surface area contributed by atoms with Gasteiger partial charge in [-0.2, -0.15) is 0 Å². The number of nitrogens with zero attached hydrogens (tertiary/aromatic N) is 2. The zero-order chi connectivity index (χ0) is 35.2. The predicted octanol–water partition coefficient (Wildman–Crippen LogP) is 12.6. The summed E-state index contributed by atoms with van der Waals surface area (Å²) in [5.74, 6) is 0. The molecule has 2 heterocycles. The van der Waals surface area contributed by atoms with Crippen LogP contribution in [0.1, 0.15) is 29.5 Å². The molecular formula is C44H50Cl2N2Si3Zr. The maximum absolute atomic E-state index is 4.90. The molecule has 266 valence electrons. The maximum atomic E-state index is 4.90. The summed E-state index contributed by atoms with van der Waals surface area (Å²) in [4.78, 5) is 9.81. The van der Waals surface area contributed by atoms with Crippen molar-refractivity contribution in [2.24, 2.45) is 0 Å². The van der Waals surface area contributed by atoms with E-state index < -0.39 is 33.5 Å². The molecule has 2 aromatic heterocycles. The van der Waals surface area contributed by atoms with E-state index in [1.165, 1.54) is 44.2 Å². The third-order valence-corrected chi connectivity index (χ3v) is 34.6. The molecule has 0 amide bonds. The average Bonchev–Trinajstić information content (AvgIpc) is 3.70.